The van der Waals surface area contributed by atoms with E-state index in [-0.39, 0.29) is 0 Å². The predicted octanol–water partition coefficient (Wildman–Crippen LogP) is 5.88. The van der Waals surface area contributed by atoms with Gasteiger partial charge in [0, 0.05) is 21.8 Å². The van der Waals surface area contributed by atoms with Crippen molar-refractivity contribution >= 4 is 78.4 Å². The van der Waals surface area contributed by atoms with Crippen molar-refractivity contribution in [3.8, 4) is 0 Å². The zero-order valence-corrected chi connectivity index (χ0v) is 17.9. The highest BCUT2D eigenvalue weighted by Crippen LogP contribution is 2.24. The first-order valence-corrected chi connectivity index (χ1v) is 11.1. The summed E-state index contributed by atoms with van der Waals surface area (Å²) < 4.78 is 4.13. The minimum Gasteiger partial charge on any atom is -0.316 e. The third kappa shape index (κ3) is 4.31. The Bertz CT molecular complexity index is 1010. The molecule has 0 aliphatic heterocycles. The molecule has 3 nitrogen and oxygen atoms in total. The number of aromatic nitrogens is 1. The quantitative estimate of drug-likeness (QED) is 0.472. The lowest BCUT2D eigenvalue weighted by molar-refractivity contribution is 0.0998. The van der Waals surface area contributed by atoms with Crippen LogP contribution in [0.2, 0.25) is 10.0 Å². The summed E-state index contributed by atoms with van der Waals surface area (Å²) in [6.07, 6.45) is 2.05. The van der Waals surface area contributed by atoms with Gasteiger partial charge in [-0.25, -0.2) is 0 Å². The van der Waals surface area contributed by atoms with Crippen molar-refractivity contribution < 1.29 is 4.79 Å². The summed E-state index contributed by atoms with van der Waals surface area (Å²) in [5.41, 5.74) is 1.37. The standard InChI is InChI=1S/C17H13BrCl2N2OS2/c1-24-7-6-22-14-5-2-10(18)8-15(14)25-17(22)21-16(23)12-9-11(19)3-4-13(12)20/h2-5,8-9H,6-7H2,1H3. The van der Waals surface area contributed by atoms with Crippen LogP contribution in [0.25, 0.3) is 10.2 Å². The van der Waals surface area contributed by atoms with Crippen molar-refractivity contribution in [3.63, 3.8) is 0 Å². The fourth-order valence-electron chi connectivity index (χ4n) is 2.34. The van der Waals surface area contributed by atoms with E-state index in [4.69, 9.17) is 23.2 Å². The number of thiazole rings is 1. The number of amides is 1. The number of carbonyl (C=O) groups excluding carboxylic acids is 1. The van der Waals surface area contributed by atoms with E-state index in [1.165, 1.54) is 11.3 Å². The second kappa shape index (κ2) is 8.27. The molecular formula is C17H13BrCl2N2OS2. The molecule has 1 aromatic heterocycles. The number of carbonyl (C=O) groups is 1. The third-order valence-corrected chi connectivity index (χ3v) is 6.21. The normalized spacial score (nSPS) is 12.1. The molecule has 0 saturated carbocycles. The van der Waals surface area contributed by atoms with Crippen LogP contribution in [0.5, 0.6) is 0 Å². The summed E-state index contributed by atoms with van der Waals surface area (Å²) in [7, 11) is 0. The van der Waals surface area contributed by atoms with E-state index in [1.54, 1.807) is 30.0 Å². The van der Waals surface area contributed by atoms with Gasteiger partial charge in [0.2, 0.25) is 0 Å². The third-order valence-electron chi connectivity index (χ3n) is 3.52. The lowest BCUT2D eigenvalue weighted by atomic mass is 10.2. The van der Waals surface area contributed by atoms with E-state index in [9.17, 15) is 4.79 Å². The first kappa shape index (κ1) is 19.0. The Labute approximate surface area is 171 Å². The number of aryl methyl sites for hydroxylation is 1. The maximum absolute atomic E-state index is 12.6. The summed E-state index contributed by atoms with van der Waals surface area (Å²) in [6.45, 7) is 0.776. The molecule has 0 bridgehead atoms. The average molecular weight is 476 g/mol. The van der Waals surface area contributed by atoms with E-state index in [1.807, 2.05) is 18.2 Å². The molecule has 3 aromatic rings. The number of halogens is 3. The Morgan fingerprint density at radius 3 is 2.84 bits per heavy atom. The molecule has 0 fully saturated rings. The maximum atomic E-state index is 12.6. The molecule has 0 spiro atoms. The summed E-state index contributed by atoms with van der Waals surface area (Å²) in [6, 6.07) is 10.9. The zero-order chi connectivity index (χ0) is 18.0. The second-order valence-electron chi connectivity index (χ2n) is 5.18. The van der Waals surface area contributed by atoms with Gasteiger partial charge in [0.05, 0.1) is 20.8 Å². The number of hydrogen-bond donors (Lipinski definition) is 0. The van der Waals surface area contributed by atoms with Crippen molar-refractivity contribution in [2.24, 2.45) is 4.99 Å². The van der Waals surface area contributed by atoms with Crippen LogP contribution in [-0.4, -0.2) is 22.5 Å². The Morgan fingerprint density at radius 1 is 1.28 bits per heavy atom. The van der Waals surface area contributed by atoms with Crippen LogP contribution in [0.4, 0.5) is 0 Å². The molecule has 130 valence electrons. The first-order chi connectivity index (χ1) is 12.0. The summed E-state index contributed by atoms with van der Waals surface area (Å²) in [5, 5.41) is 0.802. The van der Waals surface area contributed by atoms with E-state index < -0.39 is 5.91 Å². The van der Waals surface area contributed by atoms with E-state index >= 15 is 0 Å². The van der Waals surface area contributed by atoms with Crippen LogP contribution in [0.3, 0.4) is 0 Å². The zero-order valence-electron chi connectivity index (χ0n) is 13.1. The van der Waals surface area contributed by atoms with Gasteiger partial charge >= 0.3 is 0 Å². The van der Waals surface area contributed by atoms with Gasteiger partial charge < -0.3 is 4.57 Å². The van der Waals surface area contributed by atoms with Crippen molar-refractivity contribution in [1.29, 1.82) is 0 Å². The monoisotopic (exact) mass is 474 g/mol. The maximum Gasteiger partial charge on any atom is 0.281 e. The second-order valence-corrected chi connectivity index (χ2v) is 8.94. The highest BCUT2D eigenvalue weighted by molar-refractivity contribution is 9.10. The van der Waals surface area contributed by atoms with Crippen molar-refractivity contribution in [2.75, 3.05) is 12.0 Å². The number of rotatable bonds is 4. The lowest BCUT2D eigenvalue weighted by Crippen LogP contribution is -2.18. The van der Waals surface area contributed by atoms with Crippen LogP contribution < -0.4 is 4.80 Å². The summed E-state index contributed by atoms with van der Waals surface area (Å²) in [4.78, 5) is 17.6. The number of benzene rings is 2. The SMILES string of the molecule is CSCCn1c(=NC(=O)c2cc(Cl)ccc2Cl)sc2cc(Br)ccc21. The van der Waals surface area contributed by atoms with E-state index in [0.29, 0.717) is 20.4 Å². The first-order valence-electron chi connectivity index (χ1n) is 7.31. The fourth-order valence-corrected chi connectivity index (χ4v) is 4.68. The van der Waals surface area contributed by atoms with Gasteiger partial charge in [0.1, 0.15) is 0 Å². The molecule has 0 radical (unpaired) electrons. The summed E-state index contributed by atoms with van der Waals surface area (Å²) in [5.74, 6) is 0.539. The molecular weight excluding hydrogens is 463 g/mol. The predicted molar refractivity (Wildman–Crippen MR) is 112 cm³/mol. The molecule has 0 aliphatic carbocycles. The minimum atomic E-state index is -0.393. The van der Waals surface area contributed by atoms with Gasteiger partial charge in [0.15, 0.2) is 4.80 Å². The highest BCUT2D eigenvalue weighted by Gasteiger charge is 2.12. The minimum absolute atomic E-state index is 0.309. The van der Waals surface area contributed by atoms with Crippen molar-refractivity contribution in [2.45, 2.75) is 6.54 Å². The largest absolute Gasteiger partial charge is 0.316 e. The van der Waals surface area contributed by atoms with E-state index in [0.717, 1.165) is 27.0 Å². The fraction of sp³-hybridized carbons (Fsp3) is 0.176. The molecule has 25 heavy (non-hydrogen) atoms. The summed E-state index contributed by atoms with van der Waals surface area (Å²) >= 11 is 18.8. The van der Waals surface area contributed by atoms with Gasteiger partial charge in [0.25, 0.3) is 5.91 Å². The van der Waals surface area contributed by atoms with Crippen LogP contribution in [0.1, 0.15) is 10.4 Å². The molecule has 0 atom stereocenters. The van der Waals surface area contributed by atoms with Crippen LogP contribution in [0, 0.1) is 0 Å². The number of hydrogen-bond acceptors (Lipinski definition) is 3. The Kier molecular flexibility index (Phi) is 6.28. The van der Waals surface area contributed by atoms with Crippen molar-refractivity contribution in [3.05, 3.63) is 61.3 Å². The van der Waals surface area contributed by atoms with Gasteiger partial charge in [-0.2, -0.15) is 16.8 Å². The van der Waals surface area contributed by atoms with Crippen LogP contribution >= 0.6 is 62.2 Å². The molecule has 1 heterocycles. The highest BCUT2D eigenvalue weighted by atomic mass is 79.9. The number of thioether (sulfide) groups is 1. The van der Waals surface area contributed by atoms with E-state index in [2.05, 4.69) is 31.7 Å². The van der Waals surface area contributed by atoms with Crippen LogP contribution in [-0.2, 0) is 6.54 Å². The Hall–Kier alpha value is -0.790. The average Bonchev–Trinajstić information content (AvgIpc) is 2.91. The topological polar surface area (TPSA) is 34.4 Å². The van der Waals surface area contributed by atoms with Crippen LogP contribution in [0.15, 0.2) is 45.9 Å². The molecule has 1 amide bonds. The van der Waals surface area contributed by atoms with Gasteiger partial charge in [-0.15, -0.1) is 0 Å². The molecule has 0 aliphatic rings. The lowest BCUT2D eigenvalue weighted by Gasteiger charge is -2.04. The smallest absolute Gasteiger partial charge is 0.281 e. The molecule has 0 unspecified atom stereocenters. The Balaban J connectivity index is 2.14. The molecule has 2 aromatic carbocycles. The Morgan fingerprint density at radius 2 is 2.08 bits per heavy atom. The number of fused-ring (bicyclic) bond motifs is 1. The molecule has 0 saturated heterocycles. The van der Waals surface area contributed by atoms with Gasteiger partial charge in [-0.1, -0.05) is 50.5 Å². The van der Waals surface area contributed by atoms with Crippen molar-refractivity contribution in [1.82, 2.24) is 4.57 Å². The van der Waals surface area contributed by atoms with Gasteiger partial charge in [-0.3, -0.25) is 4.79 Å². The molecule has 0 N–H and O–H groups in total. The number of nitrogens with zero attached hydrogens (tertiary/aromatic N) is 2. The van der Waals surface area contributed by atoms with Gasteiger partial charge in [-0.05, 0) is 42.7 Å². The molecule has 3 rings (SSSR count). The molecule has 8 heteroatoms.